The molecule has 6 rings (SSSR count). The highest BCUT2D eigenvalue weighted by molar-refractivity contribution is 7.17. The Morgan fingerprint density at radius 3 is 2.89 bits per heavy atom. The second-order valence-corrected chi connectivity index (χ2v) is 10.8. The fourth-order valence-corrected chi connectivity index (χ4v) is 5.91. The average molecular weight is 534 g/mol. The van der Waals surface area contributed by atoms with E-state index < -0.39 is 0 Å². The molecule has 4 aromatic heterocycles. The van der Waals surface area contributed by atoms with Crippen molar-refractivity contribution in [1.29, 1.82) is 0 Å². The standard InChI is InChI=1S/C26H20ClN5O2S2/c1-31-18(12-22(34-31)23-8-9-24(27)36-23)14-32-20-7-3-2-5-16(20)11-21(32)25(33)30-26-29-19(15-35-26)17-6-4-10-28-13-17/h2-13,15,18H,14H2,1H3,(H,29,30,33). The molecule has 1 aromatic carbocycles. The quantitative estimate of drug-likeness (QED) is 0.273. The maximum Gasteiger partial charge on any atom is 0.274 e. The summed E-state index contributed by atoms with van der Waals surface area (Å²) in [5.41, 5.74) is 3.22. The molecule has 0 saturated heterocycles. The molecule has 1 unspecified atom stereocenters. The number of anilines is 1. The molecule has 1 atom stereocenters. The molecule has 1 N–H and O–H groups in total. The molecule has 1 aliphatic rings. The van der Waals surface area contributed by atoms with Crippen LogP contribution in [-0.2, 0) is 11.4 Å². The van der Waals surface area contributed by atoms with Gasteiger partial charge < -0.3 is 9.40 Å². The Morgan fingerprint density at radius 1 is 1.19 bits per heavy atom. The summed E-state index contributed by atoms with van der Waals surface area (Å²) in [5, 5.41) is 8.23. The van der Waals surface area contributed by atoms with Gasteiger partial charge in [-0.3, -0.25) is 15.1 Å². The van der Waals surface area contributed by atoms with Crippen molar-refractivity contribution < 1.29 is 9.63 Å². The van der Waals surface area contributed by atoms with Crippen LogP contribution in [-0.4, -0.2) is 38.6 Å². The highest BCUT2D eigenvalue weighted by Gasteiger charge is 2.28. The first-order chi connectivity index (χ1) is 17.5. The van der Waals surface area contributed by atoms with Gasteiger partial charge in [-0.25, -0.2) is 4.98 Å². The summed E-state index contributed by atoms with van der Waals surface area (Å²) in [7, 11) is 1.89. The van der Waals surface area contributed by atoms with Crippen LogP contribution >= 0.6 is 34.3 Å². The largest absolute Gasteiger partial charge is 0.404 e. The maximum absolute atomic E-state index is 13.4. The number of carbonyl (C=O) groups excluding carboxylic acids is 1. The summed E-state index contributed by atoms with van der Waals surface area (Å²) < 4.78 is 2.75. The summed E-state index contributed by atoms with van der Waals surface area (Å²) in [6.45, 7) is 0.536. The number of fused-ring (bicyclic) bond motifs is 1. The van der Waals surface area contributed by atoms with Gasteiger partial charge in [0.1, 0.15) is 5.69 Å². The van der Waals surface area contributed by atoms with Crippen LogP contribution in [0.1, 0.15) is 15.4 Å². The minimum atomic E-state index is -0.214. The van der Waals surface area contributed by atoms with Gasteiger partial charge in [0.05, 0.1) is 20.9 Å². The Labute approximate surface area is 220 Å². The molecular formula is C26H20ClN5O2S2. The number of rotatable bonds is 6. The third-order valence-electron chi connectivity index (χ3n) is 5.96. The summed E-state index contributed by atoms with van der Waals surface area (Å²) in [5.74, 6) is 0.557. The summed E-state index contributed by atoms with van der Waals surface area (Å²) >= 11 is 8.98. The molecule has 0 saturated carbocycles. The van der Waals surface area contributed by atoms with Crippen molar-refractivity contribution in [3.63, 3.8) is 0 Å². The summed E-state index contributed by atoms with van der Waals surface area (Å²) in [4.78, 5) is 29.1. The second kappa shape index (κ2) is 9.51. The van der Waals surface area contributed by atoms with Crippen LogP contribution < -0.4 is 5.32 Å². The van der Waals surface area contributed by atoms with E-state index in [0.717, 1.165) is 32.8 Å². The Morgan fingerprint density at radius 2 is 2.08 bits per heavy atom. The molecule has 36 heavy (non-hydrogen) atoms. The van der Waals surface area contributed by atoms with E-state index >= 15 is 0 Å². The number of thiophene rings is 1. The molecule has 1 aliphatic heterocycles. The van der Waals surface area contributed by atoms with Gasteiger partial charge >= 0.3 is 0 Å². The number of amides is 1. The smallest absolute Gasteiger partial charge is 0.274 e. The molecule has 0 bridgehead atoms. The number of thiazole rings is 1. The summed E-state index contributed by atoms with van der Waals surface area (Å²) in [6.07, 6.45) is 5.54. The zero-order chi connectivity index (χ0) is 24.6. The molecule has 0 spiro atoms. The minimum Gasteiger partial charge on any atom is -0.404 e. The zero-order valence-corrected chi connectivity index (χ0v) is 21.5. The van der Waals surface area contributed by atoms with Crippen molar-refractivity contribution >= 4 is 62.0 Å². The minimum absolute atomic E-state index is 0.0692. The van der Waals surface area contributed by atoms with Crippen LogP contribution in [0.5, 0.6) is 0 Å². The zero-order valence-electron chi connectivity index (χ0n) is 19.1. The highest BCUT2D eigenvalue weighted by Crippen LogP contribution is 2.34. The van der Waals surface area contributed by atoms with Crippen LogP contribution in [0.3, 0.4) is 0 Å². The Kier molecular flexibility index (Phi) is 6.06. The van der Waals surface area contributed by atoms with Gasteiger partial charge in [0.15, 0.2) is 10.9 Å². The second-order valence-electron chi connectivity index (χ2n) is 8.27. The Balaban J connectivity index is 1.29. The number of benzene rings is 1. The number of carbonyl (C=O) groups is 1. The van der Waals surface area contributed by atoms with Gasteiger partial charge in [-0.2, -0.15) is 0 Å². The number of nitrogens with one attached hydrogen (secondary N) is 1. The van der Waals surface area contributed by atoms with E-state index in [0.29, 0.717) is 21.7 Å². The first-order valence-electron chi connectivity index (χ1n) is 11.2. The number of aromatic nitrogens is 3. The van der Waals surface area contributed by atoms with E-state index in [-0.39, 0.29) is 11.9 Å². The molecule has 0 aliphatic carbocycles. The van der Waals surface area contributed by atoms with Crippen molar-refractivity contribution in [2.24, 2.45) is 0 Å². The number of likely N-dealkylation sites (N-methyl/N-ethyl adjacent to an activating group) is 1. The number of pyridine rings is 1. The van der Waals surface area contributed by atoms with E-state index in [2.05, 4.69) is 21.4 Å². The van der Waals surface area contributed by atoms with Crippen LogP contribution in [0, 0.1) is 0 Å². The fourth-order valence-electron chi connectivity index (χ4n) is 4.20. The fraction of sp³-hybridized carbons (Fsp3) is 0.115. The lowest BCUT2D eigenvalue weighted by atomic mass is 10.2. The SMILES string of the molecule is CN1OC(c2ccc(Cl)s2)=CC1Cn1c(C(=O)Nc2nc(-c3cccnc3)cs2)cc2ccccc21. The van der Waals surface area contributed by atoms with Gasteiger partial charge in [0.25, 0.3) is 5.91 Å². The van der Waals surface area contributed by atoms with Crippen LogP contribution in [0.4, 0.5) is 5.13 Å². The van der Waals surface area contributed by atoms with Crippen molar-refractivity contribution in [2.75, 3.05) is 12.4 Å². The summed E-state index contributed by atoms with van der Waals surface area (Å²) in [6, 6.07) is 17.4. The third kappa shape index (κ3) is 4.42. The first-order valence-corrected chi connectivity index (χ1v) is 13.3. The lowest BCUT2D eigenvalue weighted by Crippen LogP contribution is -2.30. The molecule has 0 radical (unpaired) electrons. The number of nitrogens with zero attached hydrogens (tertiary/aromatic N) is 4. The predicted octanol–water partition coefficient (Wildman–Crippen LogP) is 6.41. The van der Waals surface area contributed by atoms with Crippen LogP contribution in [0.25, 0.3) is 27.9 Å². The monoisotopic (exact) mass is 533 g/mol. The van der Waals surface area contributed by atoms with Gasteiger partial charge in [0, 0.05) is 47.8 Å². The van der Waals surface area contributed by atoms with Crippen LogP contribution in [0.15, 0.2) is 78.4 Å². The lowest BCUT2D eigenvalue weighted by molar-refractivity contribution is -0.0683. The molecule has 0 fully saturated rings. The van der Waals surface area contributed by atoms with Crippen LogP contribution in [0.2, 0.25) is 4.34 Å². The van der Waals surface area contributed by atoms with Gasteiger partial charge in [0.2, 0.25) is 0 Å². The molecule has 1 amide bonds. The molecule has 5 heterocycles. The average Bonchev–Trinajstić information content (AvgIpc) is 3.67. The normalized spacial score (nSPS) is 15.7. The van der Waals surface area contributed by atoms with Gasteiger partial charge in [-0.15, -0.1) is 27.7 Å². The van der Waals surface area contributed by atoms with Crippen molar-refractivity contribution in [3.05, 3.63) is 93.4 Å². The Bertz CT molecular complexity index is 1590. The van der Waals surface area contributed by atoms with E-state index in [1.165, 1.54) is 22.7 Å². The van der Waals surface area contributed by atoms with E-state index in [1.54, 1.807) is 17.5 Å². The molecule has 7 nitrogen and oxygen atoms in total. The van der Waals surface area contributed by atoms with Crippen molar-refractivity contribution in [1.82, 2.24) is 19.6 Å². The van der Waals surface area contributed by atoms with Gasteiger partial charge in [-0.05, 0) is 42.5 Å². The number of para-hydroxylation sites is 1. The van der Waals surface area contributed by atoms with Crippen molar-refractivity contribution in [2.45, 2.75) is 12.6 Å². The maximum atomic E-state index is 13.4. The number of halogens is 1. The third-order valence-corrected chi connectivity index (χ3v) is 7.97. The number of hydrogen-bond acceptors (Lipinski definition) is 7. The molecular weight excluding hydrogens is 514 g/mol. The lowest BCUT2D eigenvalue weighted by Gasteiger charge is -2.20. The number of hydrogen-bond donors (Lipinski definition) is 1. The van der Waals surface area contributed by atoms with Crippen molar-refractivity contribution in [3.8, 4) is 11.3 Å². The van der Waals surface area contributed by atoms with E-state index in [1.807, 2.05) is 71.6 Å². The first kappa shape index (κ1) is 22.9. The highest BCUT2D eigenvalue weighted by atomic mass is 35.5. The van der Waals surface area contributed by atoms with E-state index in [9.17, 15) is 4.79 Å². The number of hydroxylamine groups is 2. The van der Waals surface area contributed by atoms with E-state index in [4.69, 9.17) is 16.4 Å². The predicted molar refractivity (Wildman–Crippen MR) is 145 cm³/mol. The topological polar surface area (TPSA) is 72.3 Å². The van der Waals surface area contributed by atoms with Gasteiger partial charge in [-0.1, -0.05) is 29.8 Å². The molecule has 5 aromatic rings. The Hall–Kier alpha value is -3.50. The molecule has 180 valence electrons. The molecule has 10 heteroatoms.